The molecule has 1 amide bonds. The number of amides is 1. The van der Waals surface area contributed by atoms with Crippen LogP contribution >= 0.6 is 22.9 Å². The lowest BCUT2D eigenvalue weighted by molar-refractivity contribution is -0.123. The van der Waals surface area contributed by atoms with Crippen LogP contribution in [-0.4, -0.2) is 34.7 Å². The molecule has 0 aliphatic heterocycles. The number of nitrogens with zero attached hydrogens (tertiary/aromatic N) is 3. The Morgan fingerprint density at radius 2 is 1.72 bits per heavy atom. The maximum atomic E-state index is 13.6. The lowest BCUT2D eigenvalue weighted by atomic mass is 10.1. The predicted octanol–water partition coefficient (Wildman–Crippen LogP) is 4.57. The zero-order valence-corrected chi connectivity index (χ0v) is 25.4. The molecule has 43 heavy (non-hydrogen) atoms. The fourth-order valence-corrected chi connectivity index (χ4v) is 5.73. The van der Waals surface area contributed by atoms with Crippen molar-refractivity contribution in [2.45, 2.75) is 20.0 Å². The van der Waals surface area contributed by atoms with Gasteiger partial charge in [0, 0.05) is 23.3 Å². The van der Waals surface area contributed by atoms with Gasteiger partial charge in [0.2, 0.25) is 15.9 Å². The molecular weight excluding hydrogens is 614 g/mol. The molecule has 2 aromatic heterocycles. The number of nitrogens with one attached hydrogen (secondary N) is 2. The van der Waals surface area contributed by atoms with Crippen LogP contribution in [0.15, 0.2) is 88.5 Å². The minimum atomic E-state index is -3.80. The van der Waals surface area contributed by atoms with E-state index < -0.39 is 33.1 Å². The Hall–Kier alpha value is -4.46. The number of carbonyl (C=O) groups excluding carboxylic acids is 1. The van der Waals surface area contributed by atoms with Crippen molar-refractivity contribution in [2.75, 3.05) is 11.6 Å². The molecule has 0 aliphatic rings. The van der Waals surface area contributed by atoms with Crippen LogP contribution in [0.2, 0.25) is 5.02 Å². The number of hydrogen-bond donors (Lipinski definition) is 2. The largest absolute Gasteiger partial charge is 0.431 e. The molecule has 0 spiro atoms. The van der Waals surface area contributed by atoms with Gasteiger partial charge in [0.05, 0.1) is 28.9 Å². The molecule has 2 heterocycles. The standard InChI is InChI=1S/C29H26ClN5O6S2/c1-18(27(37)33-43(2,39)40)16-35-26(36)15-25(34(29(35)38)17-19-7-9-20(30)10-8-19)31-21-11-13-22(14-12-21)41-28-32-23-5-3-4-6-24(23)42-28/h3-15,18,31H,16-17H2,1-2H3,(H,33,37)/t18-/m0/s1. The number of halogens is 1. The number of benzene rings is 3. The Kier molecular flexibility index (Phi) is 8.67. The number of carbonyl (C=O) groups is 1. The lowest BCUT2D eigenvalue weighted by Gasteiger charge is -2.18. The maximum absolute atomic E-state index is 13.6. The second-order valence-corrected chi connectivity index (χ2v) is 13.0. The minimum absolute atomic E-state index is 0.0847. The van der Waals surface area contributed by atoms with Gasteiger partial charge >= 0.3 is 5.69 Å². The first-order valence-corrected chi connectivity index (χ1v) is 16.0. The van der Waals surface area contributed by atoms with Crippen molar-refractivity contribution in [2.24, 2.45) is 5.92 Å². The predicted molar refractivity (Wildman–Crippen MR) is 167 cm³/mol. The van der Waals surface area contributed by atoms with Gasteiger partial charge in [-0.15, -0.1) is 0 Å². The van der Waals surface area contributed by atoms with Gasteiger partial charge in [0.1, 0.15) is 11.6 Å². The van der Waals surface area contributed by atoms with Gasteiger partial charge in [-0.2, -0.15) is 0 Å². The number of thiazole rings is 1. The normalized spacial score (nSPS) is 12.2. The van der Waals surface area contributed by atoms with E-state index in [2.05, 4.69) is 10.3 Å². The van der Waals surface area contributed by atoms with E-state index in [1.165, 1.54) is 28.9 Å². The zero-order valence-electron chi connectivity index (χ0n) is 23.0. The van der Waals surface area contributed by atoms with Gasteiger partial charge in [-0.3, -0.25) is 23.4 Å². The van der Waals surface area contributed by atoms with Crippen LogP contribution in [0.5, 0.6) is 10.9 Å². The van der Waals surface area contributed by atoms with Crippen molar-refractivity contribution < 1.29 is 17.9 Å². The van der Waals surface area contributed by atoms with Crippen molar-refractivity contribution in [1.29, 1.82) is 0 Å². The summed E-state index contributed by atoms with van der Waals surface area (Å²) < 4.78 is 34.0. The van der Waals surface area contributed by atoms with E-state index in [9.17, 15) is 22.8 Å². The van der Waals surface area contributed by atoms with Crippen molar-refractivity contribution in [1.82, 2.24) is 18.8 Å². The highest BCUT2D eigenvalue weighted by Gasteiger charge is 2.21. The number of hydrogen-bond acceptors (Lipinski definition) is 9. The third-order valence-corrected chi connectivity index (χ3v) is 8.07. The first-order chi connectivity index (χ1) is 20.4. The summed E-state index contributed by atoms with van der Waals surface area (Å²) in [6, 6.07) is 22.8. The summed E-state index contributed by atoms with van der Waals surface area (Å²) in [5, 5.41) is 4.16. The average molecular weight is 640 g/mol. The summed E-state index contributed by atoms with van der Waals surface area (Å²) in [5.41, 5.74) is 0.829. The minimum Gasteiger partial charge on any atom is -0.431 e. The van der Waals surface area contributed by atoms with Gasteiger partial charge in [-0.05, 0) is 54.1 Å². The number of sulfonamides is 1. The molecule has 0 fully saturated rings. The van der Waals surface area contributed by atoms with Gasteiger partial charge in [-0.25, -0.2) is 18.2 Å². The molecule has 3 aromatic carbocycles. The van der Waals surface area contributed by atoms with Crippen LogP contribution in [0.4, 0.5) is 11.5 Å². The highest BCUT2D eigenvalue weighted by Crippen LogP contribution is 2.31. The molecule has 5 rings (SSSR count). The summed E-state index contributed by atoms with van der Waals surface area (Å²) in [5.74, 6) is -1.03. The first kappa shape index (κ1) is 30.0. The molecule has 0 saturated carbocycles. The number of ether oxygens (including phenoxy) is 1. The number of para-hydroxylation sites is 1. The van der Waals surface area contributed by atoms with Gasteiger partial charge in [0.15, 0.2) is 0 Å². The molecule has 5 aromatic rings. The highest BCUT2D eigenvalue weighted by atomic mass is 35.5. The van der Waals surface area contributed by atoms with Crippen molar-refractivity contribution in [3.8, 4) is 10.9 Å². The quantitative estimate of drug-likeness (QED) is 0.226. The van der Waals surface area contributed by atoms with E-state index in [1.54, 1.807) is 48.5 Å². The molecule has 11 nitrogen and oxygen atoms in total. The Morgan fingerprint density at radius 1 is 1.02 bits per heavy atom. The Labute approximate surface area is 255 Å². The summed E-state index contributed by atoms with van der Waals surface area (Å²) in [6.07, 6.45) is 0.850. The van der Waals surface area contributed by atoms with Crippen LogP contribution in [0, 0.1) is 5.92 Å². The second kappa shape index (κ2) is 12.4. The highest BCUT2D eigenvalue weighted by molar-refractivity contribution is 7.89. The average Bonchev–Trinajstić information content (AvgIpc) is 3.36. The lowest BCUT2D eigenvalue weighted by Crippen LogP contribution is -2.44. The number of fused-ring (bicyclic) bond motifs is 1. The molecule has 1 atom stereocenters. The van der Waals surface area contributed by atoms with Crippen molar-refractivity contribution in [3.63, 3.8) is 0 Å². The monoisotopic (exact) mass is 639 g/mol. The second-order valence-electron chi connectivity index (χ2n) is 9.81. The zero-order chi connectivity index (χ0) is 30.7. The third-order valence-electron chi connectivity index (χ3n) is 6.33. The molecule has 222 valence electrons. The van der Waals surface area contributed by atoms with Crippen LogP contribution in [-0.2, 0) is 27.9 Å². The smallest absolute Gasteiger partial charge is 0.332 e. The molecule has 0 bridgehead atoms. The van der Waals surface area contributed by atoms with Gasteiger partial charge in [-0.1, -0.05) is 54.1 Å². The number of aromatic nitrogens is 3. The van der Waals surface area contributed by atoms with E-state index in [4.69, 9.17) is 16.3 Å². The molecule has 0 unspecified atom stereocenters. The molecular formula is C29H26ClN5O6S2. The van der Waals surface area contributed by atoms with E-state index in [0.29, 0.717) is 21.7 Å². The van der Waals surface area contributed by atoms with Crippen LogP contribution in [0.25, 0.3) is 10.2 Å². The SMILES string of the molecule is C[C@@H](Cn1c(=O)cc(Nc2ccc(Oc3nc4ccccc4s3)cc2)n(Cc2ccc(Cl)cc2)c1=O)C(=O)NS(C)(=O)=O. The Morgan fingerprint density at radius 3 is 2.40 bits per heavy atom. The van der Waals surface area contributed by atoms with Gasteiger partial charge in [0.25, 0.3) is 10.8 Å². The first-order valence-electron chi connectivity index (χ1n) is 13.0. The van der Waals surface area contributed by atoms with Crippen molar-refractivity contribution >= 4 is 60.6 Å². The number of rotatable bonds is 10. The fraction of sp³-hybridized carbons (Fsp3) is 0.172. The molecule has 0 aliphatic carbocycles. The topological polar surface area (TPSA) is 141 Å². The van der Waals surface area contributed by atoms with Gasteiger partial charge < -0.3 is 10.1 Å². The summed E-state index contributed by atoms with van der Waals surface area (Å²) in [6.45, 7) is 1.19. The van der Waals surface area contributed by atoms with E-state index >= 15 is 0 Å². The molecule has 0 saturated heterocycles. The van der Waals surface area contributed by atoms with Crippen molar-refractivity contribution in [3.05, 3.63) is 110 Å². The summed E-state index contributed by atoms with van der Waals surface area (Å²) in [7, 11) is -3.80. The van der Waals surface area contributed by atoms with Crippen LogP contribution in [0.1, 0.15) is 12.5 Å². The van der Waals surface area contributed by atoms with Crippen LogP contribution < -0.4 is 26.0 Å². The molecule has 2 N–H and O–H groups in total. The Balaban J connectivity index is 1.42. The van der Waals surface area contributed by atoms with E-state index in [0.717, 1.165) is 26.6 Å². The summed E-state index contributed by atoms with van der Waals surface area (Å²) >= 11 is 7.46. The molecule has 14 heteroatoms. The fourth-order valence-electron chi connectivity index (χ4n) is 4.20. The number of anilines is 2. The molecule has 0 radical (unpaired) electrons. The summed E-state index contributed by atoms with van der Waals surface area (Å²) in [4.78, 5) is 43.5. The van der Waals surface area contributed by atoms with E-state index in [-0.39, 0.29) is 18.9 Å². The third kappa shape index (κ3) is 7.49. The maximum Gasteiger partial charge on any atom is 0.332 e. The van der Waals surface area contributed by atoms with E-state index in [1.807, 2.05) is 29.0 Å². The Bertz CT molecular complexity index is 1990. The van der Waals surface area contributed by atoms with Crippen LogP contribution in [0.3, 0.4) is 0 Å².